The van der Waals surface area contributed by atoms with Gasteiger partial charge in [0.2, 0.25) is 0 Å². The van der Waals surface area contributed by atoms with Crippen LogP contribution in [0.25, 0.3) is 0 Å². The minimum Gasteiger partial charge on any atom is -0.456 e. The zero-order chi connectivity index (χ0) is 20.3. The minimum atomic E-state index is -0.785. The van der Waals surface area contributed by atoms with Gasteiger partial charge in [0.1, 0.15) is 5.54 Å². The van der Waals surface area contributed by atoms with Crippen LogP contribution < -0.4 is 10.6 Å². The molecule has 2 aliphatic rings. The van der Waals surface area contributed by atoms with Crippen molar-refractivity contribution in [3.63, 3.8) is 0 Å². The standard InChI is InChI=1S/C20H25N3O5/c1-13-9-14(2)11-15(10-13)21-16(24)12-28-17(25)5-8-23-18(26)20(22-19(23)27)6-3-4-7-20/h9-11H,3-8,12H2,1-2H3,(H,21,24)(H,22,27). The van der Waals surface area contributed by atoms with E-state index in [1.54, 1.807) is 0 Å². The molecule has 0 aromatic heterocycles. The molecule has 1 spiro atoms. The molecule has 1 aliphatic carbocycles. The summed E-state index contributed by atoms with van der Waals surface area (Å²) in [5.41, 5.74) is 1.88. The molecule has 8 nitrogen and oxygen atoms in total. The van der Waals surface area contributed by atoms with Gasteiger partial charge in [-0.25, -0.2) is 4.79 Å². The molecule has 150 valence electrons. The van der Waals surface area contributed by atoms with Crippen LogP contribution in [0.2, 0.25) is 0 Å². The fourth-order valence-corrected chi connectivity index (χ4v) is 3.86. The van der Waals surface area contributed by atoms with Crippen LogP contribution >= 0.6 is 0 Å². The molecule has 2 fully saturated rings. The van der Waals surface area contributed by atoms with Gasteiger partial charge in [-0.05, 0) is 49.9 Å². The third-order valence-corrected chi connectivity index (χ3v) is 5.11. The normalized spacial score (nSPS) is 17.7. The first-order valence-corrected chi connectivity index (χ1v) is 9.47. The molecular formula is C20H25N3O5. The summed E-state index contributed by atoms with van der Waals surface area (Å²) in [6, 6.07) is 5.17. The summed E-state index contributed by atoms with van der Waals surface area (Å²) in [5, 5.41) is 5.44. The first-order valence-electron chi connectivity index (χ1n) is 9.47. The topological polar surface area (TPSA) is 105 Å². The summed E-state index contributed by atoms with van der Waals surface area (Å²) in [4.78, 5) is 49.5. The van der Waals surface area contributed by atoms with E-state index >= 15 is 0 Å². The first kappa shape index (κ1) is 19.9. The lowest BCUT2D eigenvalue weighted by molar-refractivity contribution is -0.147. The Morgan fingerprint density at radius 1 is 1.14 bits per heavy atom. The number of urea groups is 1. The van der Waals surface area contributed by atoms with E-state index in [1.165, 1.54) is 0 Å². The Morgan fingerprint density at radius 2 is 1.79 bits per heavy atom. The SMILES string of the molecule is Cc1cc(C)cc(NC(=O)COC(=O)CCN2C(=O)NC3(CCCC3)C2=O)c1. The molecule has 28 heavy (non-hydrogen) atoms. The Hall–Kier alpha value is -2.90. The molecule has 1 aromatic carbocycles. The van der Waals surface area contributed by atoms with Crippen LogP contribution in [0.4, 0.5) is 10.5 Å². The second-order valence-corrected chi connectivity index (χ2v) is 7.51. The van der Waals surface area contributed by atoms with E-state index in [2.05, 4.69) is 10.6 Å². The van der Waals surface area contributed by atoms with Gasteiger partial charge in [-0.15, -0.1) is 0 Å². The number of nitrogens with one attached hydrogen (secondary N) is 2. The van der Waals surface area contributed by atoms with Crippen LogP contribution in [0.3, 0.4) is 0 Å². The number of esters is 1. The van der Waals surface area contributed by atoms with Crippen molar-refractivity contribution in [2.75, 3.05) is 18.5 Å². The summed E-state index contributed by atoms with van der Waals surface area (Å²) in [6.45, 7) is 3.38. The van der Waals surface area contributed by atoms with E-state index in [4.69, 9.17) is 4.74 Å². The highest BCUT2D eigenvalue weighted by Gasteiger charge is 2.52. The Labute approximate surface area is 163 Å². The molecule has 1 aromatic rings. The van der Waals surface area contributed by atoms with Crippen molar-refractivity contribution in [3.05, 3.63) is 29.3 Å². The summed E-state index contributed by atoms with van der Waals surface area (Å²) in [6.07, 6.45) is 2.93. The Bertz CT molecular complexity index is 794. The predicted octanol–water partition coefficient (Wildman–Crippen LogP) is 2.04. The molecule has 0 unspecified atom stereocenters. The van der Waals surface area contributed by atoms with Crippen molar-refractivity contribution in [2.24, 2.45) is 0 Å². The number of anilines is 1. The Morgan fingerprint density at radius 3 is 2.43 bits per heavy atom. The zero-order valence-corrected chi connectivity index (χ0v) is 16.2. The fourth-order valence-electron chi connectivity index (χ4n) is 3.86. The highest BCUT2D eigenvalue weighted by molar-refractivity contribution is 6.07. The number of carbonyl (C=O) groups excluding carboxylic acids is 4. The number of rotatable bonds is 6. The fraction of sp³-hybridized carbons (Fsp3) is 0.500. The van der Waals surface area contributed by atoms with Gasteiger partial charge < -0.3 is 15.4 Å². The van der Waals surface area contributed by atoms with Crippen LogP contribution in [0.1, 0.15) is 43.2 Å². The molecule has 0 radical (unpaired) electrons. The van der Waals surface area contributed by atoms with Crippen molar-refractivity contribution in [1.82, 2.24) is 10.2 Å². The summed E-state index contributed by atoms with van der Waals surface area (Å²) < 4.78 is 4.96. The average molecular weight is 387 g/mol. The zero-order valence-electron chi connectivity index (χ0n) is 16.2. The molecule has 4 amide bonds. The Kier molecular flexibility index (Phi) is 5.67. The summed E-state index contributed by atoms with van der Waals surface area (Å²) in [5.74, 6) is -1.35. The molecule has 0 bridgehead atoms. The van der Waals surface area contributed by atoms with Gasteiger partial charge in [-0.3, -0.25) is 19.3 Å². The molecule has 2 N–H and O–H groups in total. The number of nitrogens with zero attached hydrogens (tertiary/aromatic N) is 1. The lowest BCUT2D eigenvalue weighted by Crippen LogP contribution is -2.44. The third-order valence-electron chi connectivity index (χ3n) is 5.11. The van der Waals surface area contributed by atoms with E-state index in [1.807, 2.05) is 32.0 Å². The number of aryl methyl sites for hydroxylation is 2. The van der Waals surface area contributed by atoms with E-state index < -0.39 is 30.1 Å². The van der Waals surface area contributed by atoms with Crippen LogP contribution in [-0.4, -0.2) is 47.4 Å². The van der Waals surface area contributed by atoms with Crippen LogP contribution in [0.5, 0.6) is 0 Å². The number of ether oxygens (including phenoxy) is 1. The Balaban J connectivity index is 1.44. The van der Waals surface area contributed by atoms with Crippen molar-refractivity contribution in [1.29, 1.82) is 0 Å². The second-order valence-electron chi connectivity index (χ2n) is 7.51. The van der Waals surface area contributed by atoms with Crippen molar-refractivity contribution < 1.29 is 23.9 Å². The monoisotopic (exact) mass is 387 g/mol. The number of hydrogen-bond acceptors (Lipinski definition) is 5. The van der Waals surface area contributed by atoms with Crippen molar-refractivity contribution in [2.45, 2.75) is 51.5 Å². The van der Waals surface area contributed by atoms with E-state index in [0.29, 0.717) is 18.5 Å². The van der Waals surface area contributed by atoms with E-state index in [-0.39, 0.29) is 18.9 Å². The van der Waals surface area contributed by atoms with Gasteiger partial charge in [0.25, 0.3) is 11.8 Å². The van der Waals surface area contributed by atoms with Gasteiger partial charge in [0, 0.05) is 12.2 Å². The molecule has 1 saturated carbocycles. The molecular weight excluding hydrogens is 362 g/mol. The lowest BCUT2D eigenvalue weighted by atomic mass is 9.98. The predicted molar refractivity (Wildman–Crippen MR) is 102 cm³/mol. The number of carbonyl (C=O) groups is 4. The highest BCUT2D eigenvalue weighted by Crippen LogP contribution is 2.35. The van der Waals surface area contributed by atoms with Gasteiger partial charge in [0.05, 0.1) is 6.42 Å². The smallest absolute Gasteiger partial charge is 0.325 e. The van der Waals surface area contributed by atoms with Gasteiger partial charge in [0.15, 0.2) is 6.61 Å². The van der Waals surface area contributed by atoms with Crippen LogP contribution in [-0.2, 0) is 19.1 Å². The largest absolute Gasteiger partial charge is 0.456 e. The van der Waals surface area contributed by atoms with E-state index in [9.17, 15) is 19.2 Å². The molecule has 3 rings (SSSR count). The maximum Gasteiger partial charge on any atom is 0.325 e. The molecule has 1 saturated heterocycles. The molecule has 8 heteroatoms. The first-order chi connectivity index (χ1) is 13.3. The number of amides is 4. The average Bonchev–Trinajstić information content (AvgIpc) is 3.16. The molecule has 1 aliphatic heterocycles. The van der Waals surface area contributed by atoms with Crippen LogP contribution in [0.15, 0.2) is 18.2 Å². The van der Waals surface area contributed by atoms with Crippen molar-refractivity contribution in [3.8, 4) is 0 Å². The summed E-state index contributed by atoms with van der Waals surface area (Å²) in [7, 11) is 0. The maximum absolute atomic E-state index is 12.5. The number of hydrogen-bond donors (Lipinski definition) is 2. The summed E-state index contributed by atoms with van der Waals surface area (Å²) >= 11 is 0. The second kappa shape index (κ2) is 8.00. The maximum atomic E-state index is 12.5. The van der Waals surface area contributed by atoms with Crippen molar-refractivity contribution >= 4 is 29.5 Å². The van der Waals surface area contributed by atoms with Gasteiger partial charge in [-0.1, -0.05) is 18.9 Å². The van der Waals surface area contributed by atoms with Crippen LogP contribution in [0, 0.1) is 13.8 Å². The van der Waals surface area contributed by atoms with E-state index in [0.717, 1.165) is 28.9 Å². The third kappa shape index (κ3) is 4.32. The lowest BCUT2D eigenvalue weighted by Gasteiger charge is -2.19. The van der Waals surface area contributed by atoms with Gasteiger partial charge in [-0.2, -0.15) is 0 Å². The molecule has 0 atom stereocenters. The number of benzene rings is 1. The molecule has 1 heterocycles. The van der Waals surface area contributed by atoms with Gasteiger partial charge >= 0.3 is 12.0 Å². The highest BCUT2D eigenvalue weighted by atomic mass is 16.5. The quantitative estimate of drug-likeness (QED) is 0.574. The number of imide groups is 1. The minimum absolute atomic E-state index is 0.0516.